The summed E-state index contributed by atoms with van der Waals surface area (Å²) in [5.41, 5.74) is 2.42. The molecule has 0 bridgehead atoms. The fraction of sp³-hybridized carbons (Fsp3) is 0.467. The standard InChI is InChI=1S/C15H16ClNO2/c1-8-5-11(8)14(16)10-4-3-9-7-13(18)17(2)15(19)12(9)6-10/h3-4,6,8,11,14H,5,7H2,1-2H3. The molecule has 1 aromatic carbocycles. The van der Waals surface area contributed by atoms with Gasteiger partial charge in [0, 0.05) is 12.6 Å². The Morgan fingerprint density at radius 1 is 1.37 bits per heavy atom. The second kappa shape index (κ2) is 4.34. The van der Waals surface area contributed by atoms with E-state index in [-0.39, 0.29) is 17.2 Å². The Morgan fingerprint density at radius 2 is 2.05 bits per heavy atom. The Morgan fingerprint density at radius 3 is 2.68 bits per heavy atom. The summed E-state index contributed by atoms with van der Waals surface area (Å²) in [6.45, 7) is 2.19. The van der Waals surface area contributed by atoms with Crippen LogP contribution in [0.1, 0.15) is 40.2 Å². The number of halogens is 1. The normalized spacial score (nSPS) is 27.2. The highest BCUT2D eigenvalue weighted by molar-refractivity contribution is 6.21. The lowest BCUT2D eigenvalue weighted by atomic mass is 9.94. The summed E-state index contributed by atoms with van der Waals surface area (Å²) >= 11 is 6.46. The molecular weight excluding hydrogens is 262 g/mol. The number of likely N-dealkylation sites (N-methyl/N-ethyl adjacent to an activating group) is 1. The minimum Gasteiger partial charge on any atom is -0.281 e. The Bertz CT molecular complexity index is 569. The first-order chi connectivity index (χ1) is 8.99. The lowest BCUT2D eigenvalue weighted by Crippen LogP contribution is -2.39. The van der Waals surface area contributed by atoms with E-state index in [0.717, 1.165) is 17.5 Å². The number of benzene rings is 1. The van der Waals surface area contributed by atoms with Crippen LogP contribution < -0.4 is 0 Å². The summed E-state index contributed by atoms with van der Waals surface area (Å²) in [6.07, 6.45) is 1.45. The van der Waals surface area contributed by atoms with Crippen LogP contribution in [0.2, 0.25) is 0 Å². The van der Waals surface area contributed by atoms with E-state index in [9.17, 15) is 9.59 Å². The summed E-state index contributed by atoms with van der Waals surface area (Å²) < 4.78 is 0. The minimum absolute atomic E-state index is 0.0314. The van der Waals surface area contributed by atoms with E-state index in [1.165, 1.54) is 11.9 Å². The lowest BCUT2D eigenvalue weighted by molar-refractivity contribution is -0.127. The number of alkyl halides is 1. The van der Waals surface area contributed by atoms with E-state index in [2.05, 4.69) is 6.92 Å². The Balaban J connectivity index is 1.95. The first kappa shape index (κ1) is 12.7. The first-order valence-electron chi connectivity index (χ1n) is 6.57. The fourth-order valence-corrected chi connectivity index (χ4v) is 3.19. The molecule has 3 rings (SSSR count). The first-order valence-corrected chi connectivity index (χ1v) is 7.00. The second-order valence-electron chi connectivity index (χ2n) is 5.63. The SMILES string of the molecule is CC1CC1C(Cl)c1ccc2c(c1)C(=O)N(C)C(=O)C2. The van der Waals surface area contributed by atoms with Gasteiger partial charge in [-0.2, -0.15) is 0 Å². The third-order valence-corrected chi connectivity index (χ3v) is 4.83. The van der Waals surface area contributed by atoms with Gasteiger partial charge in [0.05, 0.1) is 11.8 Å². The quantitative estimate of drug-likeness (QED) is 0.616. The molecule has 100 valence electrons. The summed E-state index contributed by atoms with van der Waals surface area (Å²) in [7, 11) is 1.53. The smallest absolute Gasteiger partial charge is 0.260 e. The molecule has 3 nitrogen and oxygen atoms in total. The third-order valence-electron chi connectivity index (χ3n) is 4.25. The molecule has 0 spiro atoms. The van der Waals surface area contributed by atoms with E-state index in [4.69, 9.17) is 11.6 Å². The van der Waals surface area contributed by atoms with Crippen molar-refractivity contribution in [2.24, 2.45) is 11.8 Å². The maximum Gasteiger partial charge on any atom is 0.260 e. The zero-order chi connectivity index (χ0) is 13.7. The molecule has 0 aromatic heterocycles. The van der Waals surface area contributed by atoms with Gasteiger partial charge in [0.15, 0.2) is 0 Å². The number of hydrogen-bond donors (Lipinski definition) is 0. The van der Waals surface area contributed by atoms with Crippen LogP contribution in [0.4, 0.5) is 0 Å². The highest BCUT2D eigenvalue weighted by Crippen LogP contribution is 2.50. The van der Waals surface area contributed by atoms with Gasteiger partial charge >= 0.3 is 0 Å². The monoisotopic (exact) mass is 277 g/mol. The topological polar surface area (TPSA) is 37.4 Å². The van der Waals surface area contributed by atoms with Crippen molar-refractivity contribution >= 4 is 23.4 Å². The van der Waals surface area contributed by atoms with Gasteiger partial charge in [0.2, 0.25) is 5.91 Å². The fourth-order valence-electron chi connectivity index (χ4n) is 2.70. The molecule has 0 radical (unpaired) electrons. The predicted octanol–water partition coefficient (Wildman–Crippen LogP) is 2.78. The van der Waals surface area contributed by atoms with E-state index >= 15 is 0 Å². The summed E-state index contributed by atoms with van der Waals surface area (Å²) in [6, 6.07) is 5.69. The predicted molar refractivity (Wildman–Crippen MR) is 73.1 cm³/mol. The molecule has 1 saturated carbocycles. The molecule has 19 heavy (non-hydrogen) atoms. The van der Waals surface area contributed by atoms with Crippen LogP contribution in [-0.2, 0) is 11.2 Å². The molecule has 1 aliphatic carbocycles. The third kappa shape index (κ3) is 2.06. The molecule has 3 atom stereocenters. The van der Waals surface area contributed by atoms with Gasteiger partial charge in [0.1, 0.15) is 0 Å². The number of imide groups is 1. The maximum atomic E-state index is 12.1. The largest absolute Gasteiger partial charge is 0.281 e. The van der Waals surface area contributed by atoms with E-state index in [1.54, 1.807) is 0 Å². The van der Waals surface area contributed by atoms with Crippen LogP contribution in [0, 0.1) is 11.8 Å². The molecular formula is C15H16ClNO2. The lowest BCUT2D eigenvalue weighted by Gasteiger charge is -2.24. The average molecular weight is 278 g/mol. The van der Waals surface area contributed by atoms with Gasteiger partial charge in [-0.1, -0.05) is 19.1 Å². The maximum absolute atomic E-state index is 12.1. The van der Waals surface area contributed by atoms with Crippen molar-refractivity contribution in [3.05, 3.63) is 34.9 Å². The van der Waals surface area contributed by atoms with Crippen molar-refractivity contribution in [1.29, 1.82) is 0 Å². The van der Waals surface area contributed by atoms with Crippen LogP contribution >= 0.6 is 11.6 Å². The van der Waals surface area contributed by atoms with Gasteiger partial charge in [-0.3, -0.25) is 14.5 Å². The van der Waals surface area contributed by atoms with Crippen LogP contribution in [0.3, 0.4) is 0 Å². The summed E-state index contributed by atoms with van der Waals surface area (Å²) in [4.78, 5) is 24.9. The van der Waals surface area contributed by atoms with E-state index in [0.29, 0.717) is 23.8 Å². The average Bonchev–Trinajstić information content (AvgIpc) is 3.12. The molecule has 4 heteroatoms. The number of fused-ring (bicyclic) bond motifs is 1. The van der Waals surface area contributed by atoms with Crippen molar-refractivity contribution in [1.82, 2.24) is 4.90 Å². The number of hydrogen-bond acceptors (Lipinski definition) is 2. The summed E-state index contributed by atoms with van der Waals surface area (Å²) in [5.74, 6) is 0.806. The van der Waals surface area contributed by atoms with Crippen molar-refractivity contribution in [2.75, 3.05) is 7.05 Å². The van der Waals surface area contributed by atoms with Crippen LogP contribution in [-0.4, -0.2) is 23.8 Å². The molecule has 2 amide bonds. The number of nitrogens with zero attached hydrogens (tertiary/aromatic N) is 1. The van der Waals surface area contributed by atoms with Crippen molar-refractivity contribution < 1.29 is 9.59 Å². The van der Waals surface area contributed by atoms with Crippen molar-refractivity contribution in [2.45, 2.75) is 25.1 Å². The van der Waals surface area contributed by atoms with Gasteiger partial charge < -0.3 is 0 Å². The van der Waals surface area contributed by atoms with Gasteiger partial charge in [-0.15, -0.1) is 11.6 Å². The molecule has 1 aromatic rings. The number of carbonyl (C=O) groups is 2. The molecule has 0 N–H and O–H groups in total. The van der Waals surface area contributed by atoms with Crippen LogP contribution in [0.15, 0.2) is 18.2 Å². The zero-order valence-corrected chi connectivity index (χ0v) is 11.8. The molecule has 1 fully saturated rings. The highest BCUT2D eigenvalue weighted by Gasteiger charge is 2.39. The zero-order valence-electron chi connectivity index (χ0n) is 11.0. The second-order valence-corrected chi connectivity index (χ2v) is 6.10. The molecule has 1 heterocycles. The Labute approximate surface area is 117 Å². The number of carbonyl (C=O) groups excluding carboxylic acids is 2. The van der Waals surface area contributed by atoms with Crippen molar-refractivity contribution in [3.8, 4) is 0 Å². The van der Waals surface area contributed by atoms with Gasteiger partial charge in [-0.25, -0.2) is 0 Å². The minimum atomic E-state index is -0.221. The van der Waals surface area contributed by atoms with E-state index in [1.807, 2.05) is 18.2 Å². The molecule has 2 aliphatic rings. The molecule has 0 saturated heterocycles. The molecule has 3 unspecified atom stereocenters. The van der Waals surface area contributed by atoms with Gasteiger partial charge in [-0.05, 0) is 35.4 Å². The number of rotatable bonds is 2. The van der Waals surface area contributed by atoms with E-state index < -0.39 is 0 Å². The highest BCUT2D eigenvalue weighted by atomic mass is 35.5. The van der Waals surface area contributed by atoms with Crippen molar-refractivity contribution in [3.63, 3.8) is 0 Å². The van der Waals surface area contributed by atoms with Crippen LogP contribution in [0.5, 0.6) is 0 Å². The number of amides is 2. The Kier molecular flexibility index (Phi) is 2.90. The molecule has 1 aliphatic heterocycles. The van der Waals surface area contributed by atoms with Crippen LogP contribution in [0.25, 0.3) is 0 Å². The Hall–Kier alpha value is -1.35. The summed E-state index contributed by atoms with van der Waals surface area (Å²) in [5, 5.41) is -0.0314. The van der Waals surface area contributed by atoms with Gasteiger partial charge in [0.25, 0.3) is 5.91 Å².